The lowest BCUT2D eigenvalue weighted by atomic mass is 10.0. The molecule has 0 saturated heterocycles. The van der Waals surface area contributed by atoms with Crippen LogP contribution >= 0.6 is 0 Å². The van der Waals surface area contributed by atoms with Crippen LogP contribution in [0.5, 0.6) is 0 Å². The molecular weight excluding hydrogens is 286 g/mol. The molecule has 3 nitrogen and oxygen atoms in total. The number of aldehydes is 1. The lowest BCUT2D eigenvalue weighted by Crippen LogP contribution is -2.12. The maximum Gasteiger partial charge on any atom is 0.150 e. The van der Waals surface area contributed by atoms with Gasteiger partial charge in [-0.3, -0.25) is 4.79 Å². The van der Waals surface area contributed by atoms with Crippen molar-refractivity contribution in [2.75, 3.05) is 0 Å². The van der Waals surface area contributed by atoms with Gasteiger partial charge in [-0.1, -0.05) is 62.5 Å². The number of aliphatic hydroxyl groups is 1. The third kappa shape index (κ3) is 3.89. The highest BCUT2D eigenvalue weighted by Crippen LogP contribution is 2.19. The maximum absolute atomic E-state index is 11.1. The quantitative estimate of drug-likeness (QED) is 0.590. The molecule has 0 heterocycles. The van der Waals surface area contributed by atoms with Crippen molar-refractivity contribution in [2.45, 2.75) is 19.9 Å². The summed E-state index contributed by atoms with van der Waals surface area (Å²) in [5.41, 5.74) is 5.04. The van der Waals surface area contributed by atoms with Gasteiger partial charge in [0.25, 0.3) is 0 Å². The van der Waals surface area contributed by atoms with Crippen LogP contribution < -0.4 is 5.32 Å². The van der Waals surface area contributed by atoms with E-state index in [1.165, 1.54) is 0 Å². The number of carbonyl (C=O) groups is 1. The van der Waals surface area contributed by atoms with E-state index in [-0.39, 0.29) is 5.76 Å². The first-order valence-corrected chi connectivity index (χ1v) is 7.54. The van der Waals surface area contributed by atoms with E-state index in [1.54, 1.807) is 6.07 Å². The Balaban J connectivity index is 2.13. The van der Waals surface area contributed by atoms with Crippen molar-refractivity contribution in [1.29, 1.82) is 0 Å². The zero-order chi connectivity index (χ0) is 16.8. The molecule has 3 heteroatoms. The summed E-state index contributed by atoms with van der Waals surface area (Å²) in [6.07, 6.45) is 1.65. The fourth-order valence-electron chi connectivity index (χ4n) is 2.51. The van der Waals surface area contributed by atoms with Gasteiger partial charge in [-0.25, -0.2) is 0 Å². The molecule has 0 spiro atoms. The molecule has 2 aromatic rings. The number of aryl methyl sites for hydroxylation is 1. The predicted molar refractivity (Wildman–Crippen MR) is 95.2 cm³/mol. The number of rotatable bonds is 7. The largest absolute Gasteiger partial charge is 0.508 e. The third-order valence-electron chi connectivity index (χ3n) is 3.78. The van der Waals surface area contributed by atoms with Crippen molar-refractivity contribution in [2.24, 2.45) is 0 Å². The van der Waals surface area contributed by atoms with Gasteiger partial charge in [0, 0.05) is 28.9 Å². The molecule has 0 radical (unpaired) electrons. The lowest BCUT2D eigenvalue weighted by Gasteiger charge is -2.13. The van der Waals surface area contributed by atoms with Crippen molar-refractivity contribution >= 4 is 17.7 Å². The van der Waals surface area contributed by atoms with Gasteiger partial charge in [-0.05, 0) is 17.5 Å². The van der Waals surface area contributed by atoms with Crippen molar-refractivity contribution in [1.82, 2.24) is 5.32 Å². The van der Waals surface area contributed by atoms with Gasteiger partial charge in [0.15, 0.2) is 6.29 Å². The minimum Gasteiger partial charge on any atom is -0.508 e. The fraction of sp³-hybridized carbons (Fsp3) is 0.150. The Morgan fingerprint density at radius 2 is 1.91 bits per heavy atom. The van der Waals surface area contributed by atoms with E-state index in [2.05, 4.69) is 18.5 Å². The SMILES string of the molecule is C=C(NCc1ccc(C(=C)O)c(CC)c1)c1ccccc1C=O. The third-order valence-corrected chi connectivity index (χ3v) is 3.78. The number of hydrogen-bond acceptors (Lipinski definition) is 3. The topological polar surface area (TPSA) is 49.3 Å². The Hall–Kier alpha value is -2.81. The normalized spacial score (nSPS) is 10.1. The van der Waals surface area contributed by atoms with Crippen LogP contribution in [0.4, 0.5) is 0 Å². The highest BCUT2D eigenvalue weighted by atomic mass is 16.3. The summed E-state index contributed by atoms with van der Waals surface area (Å²) >= 11 is 0. The molecule has 0 saturated carbocycles. The molecule has 0 fully saturated rings. The Morgan fingerprint density at radius 3 is 2.57 bits per heavy atom. The number of benzene rings is 2. The first-order valence-electron chi connectivity index (χ1n) is 7.54. The zero-order valence-electron chi connectivity index (χ0n) is 13.3. The highest BCUT2D eigenvalue weighted by molar-refractivity contribution is 5.84. The van der Waals surface area contributed by atoms with E-state index in [1.807, 2.05) is 43.3 Å². The molecule has 23 heavy (non-hydrogen) atoms. The van der Waals surface area contributed by atoms with Gasteiger partial charge < -0.3 is 10.4 Å². The Morgan fingerprint density at radius 1 is 1.17 bits per heavy atom. The molecule has 2 aromatic carbocycles. The number of aliphatic hydroxyl groups excluding tert-OH is 1. The standard InChI is InChI=1S/C20H21NO2/c1-4-17-11-16(9-10-20(17)15(3)23)12-21-14(2)19-8-6-5-7-18(19)13-22/h5-11,13,21,23H,2-4,12H2,1H3. The molecule has 0 aliphatic heterocycles. The minimum absolute atomic E-state index is 0.0886. The highest BCUT2D eigenvalue weighted by Gasteiger charge is 2.07. The van der Waals surface area contributed by atoms with Crippen LogP contribution in [0.25, 0.3) is 11.5 Å². The van der Waals surface area contributed by atoms with Crippen molar-refractivity contribution in [3.63, 3.8) is 0 Å². The first kappa shape index (κ1) is 16.6. The van der Waals surface area contributed by atoms with E-state index in [4.69, 9.17) is 0 Å². The maximum atomic E-state index is 11.1. The summed E-state index contributed by atoms with van der Waals surface area (Å²) in [5, 5.41) is 12.8. The molecule has 0 aliphatic rings. The number of hydrogen-bond donors (Lipinski definition) is 2. The second kappa shape index (κ2) is 7.45. The summed E-state index contributed by atoms with van der Waals surface area (Å²) < 4.78 is 0. The second-order valence-electron chi connectivity index (χ2n) is 5.33. The van der Waals surface area contributed by atoms with Crippen molar-refractivity contribution in [3.05, 3.63) is 83.4 Å². The van der Waals surface area contributed by atoms with Crippen molar-refractivity contribution in [3.8, 4) is 0 Å². The summed E-state index contributed by atoms with van der Waals surface area (Å²) in [7, 11) is 0. The fourth-order valence-corrected chi connectivity index (χ4v) is 2.51. The van der Waals surface area contributed by atoms with Gasteiger partial charge in [0.1, 0.15) is 5.76 Å². The Bertz CT molecular complexity index is 747. The minimum atomic E-state index is 0.0886. The van der Waals surface area contributed by atoms with Crippen LogP contribution in [0, 0.1) is 0 Å². The van der Waals surface area contributed by atoms with Gasteiger partial charge in [0.2, 0.25) is 0 Å². The molecule has 2 N–H and O–H groups in total. The van der Waals surface area contributed by atoms with Gasteiger partial charge >= 0.3 is 0 Å². The van der Waals surface area contributed by atoms with Crippen molar-refractivity contribution < 1.29 is 9.90 Å². The Kier molecular flexibility index (Phi) is 5.36. The average Bonchev–Trinajstić information content (AvgIpc) is 2.59. The monoisotopic (exact) mass is 307 g/mol. The van der Waals surface area contributed by atoms with Gasteiger partial charge in [0.05, 0.1) is 0 Å². The second-order valence-corrected chi connectivity index (χ2v) is 5.33. The van der Waals surface area contributed by atoms with E-state index < -0.39 is 0 Å². The number of nitrogens with one attached hydrogen (secondary N) is 1. The molecule has 0 atom stereocenters. The smallest absolute Gasteiger partial charge is 0.150 e. The predicted octanol–water partition coefficient (Wildman–Crippen LogP) is 4.35. The summed E-state index contributed by atoms with van der Waals surface area (Å²) in [5.74, 6) is 0.0886. The molecule has 2 rings (SSSR count). The number of carbonyl (C=O) groups excluding carboxylic acids is 1. The van der Waals surface area contributed by atoms with Crippen LogP contribution in [0.15, 0.2) is 55.6 Å². The van der Waals surface area contributed by atoms with E-state index in [9.17, 15) is 9.90 Å². The average molecular weight is 307 g/mol. The first-order chi connectivity index (χ1) is 11.1. The van der Waals surface area contributed by atoms with Crippen LogP contribution in [-0.2, 0) is 13.0 Å². The summed E-state index contributed by atoms with van der Waals surface area (Å²) in [4.78, 5) is 11.1. The molecule has 0 aliphatic carbocycles. The Labute approximate surface area is 137 Å². The molecular formula is C20H21NO2. The molecule has 0 aromatic heterocycles. The van der Waals surface area contributed by atoms with Crippen LogP contribution in [0.2, 0.25) is 0 Å². The molecule has 0 bridgehead atoms. The zero-order valence-corrected chi connectivity index (χ0v) is 13.3. The molecule has 0 amide bonds. The van der Waals surface area contributed by atoms with Crippen LogP contribution in [0.1, 0.15) is 39.5 Å². The summed E-state index contributed by atoms with van der Waals surface area (Å²) in [6, 6.07) is 13.2. The van der Waals surface area contributed by atoms with Gasteiger partial charge in [-0.2, -0.15) is 0 Å². The van der Waals surface area contributed by atoms with Crippen LogP contribution in [0.3, 0.4) is 0 Å². The molecule has 118 valence electrons. The lowest BCUT2D eigenvalue weighted by molar-refractivity contribution is 0.112. The van der Waals surface area contributed by atoms with E-state index in [0.29, 0.717) is 17.8 Å². The van der Waals surface area contributed by atoms with E-state index >= 15 is 0 Å². The molecule has 0 unspecified atom stereocenters. The van der Waals surface area contributed by atoms with Gasteiger partial charge in [-0.15, -0.1) is 0 Å². The van der Waals surface area contributed by atoms with Crippen LogP contribution in [-0.4, -0.2) is 11.4 Å². The summed E-state index contributed by atoms with van der Waals surface area (Å²) in [6.45, 7) is 10.2. The van der Waals surface area contributed by atoms with E-state index in [0.717, 1.165) is 35.0 Å².